The third kappa shape index (κ3) is 4.29. The molecule has 0 spiro atoms. The molecule has 0 radical (unpaired) electrons. The van der Waals surface area contributed by atoms with E-state index in [2.05, 4.69) is 0 Å². The average Bonchev–Trinajstić information content (AvgIpc) is 2.76. The molecule has 3 rings (SSSR count). The standard InChI is InChI=1S/C22H28N2O5S/c1-5-23(15-17-8-11-21(28-3)22(13-17)29-4)30(26,27)19-9-10-20-18(14-19)7-6-12-24(20)16(2)25/h8-11,13-14H,5-7,12,15H2,1-4H3. The number of amides is 1. The van der Waals surface area contributed by atoms with Gasteiger partial charge >= 0.3 is 0 Å². The summed E-state index contributed by atoms with van der Waals surface area (Å²) < 4.78 is 38.7. The summed E-state index contributed by atoms with van der Waals surface area (Å²) in [6, 6.07) is 10.4. The van der Waals surface area contributed by atoms with Crippen LogP contribution < -0.4 is 14.4 Å². The Morgan fingerprint density at radius 1 is 1.10 bits per heavy atom. The second-order valence-corrected chi connectivity index (χ2v) is 9.12. The topological polar surface area (TPSA) is 76.2 Å². The Labute approximate surface area is 178 Å². The fourth-order valence-corrected chi connectivity index (χ4v) is 5.25. The zero-order valence-electron chi connectivity index (χ0n) is 17.8. The number of methoxy groups -OCH3 is 2. The number of hydrogen-bond acceptors (Lipinski definition) is 5. The van der Waals surface area contributed by atoms with E-state index >= 15 is 0 Å². The predicted molar refractivity (Wildman–Crippen MR) is 116 cm³/mol. The fourth-order valence-electron chi connectivity index (χ4n) is 3.76. The highest BCUT2D eigenvalue weighted by molar-refractivity contribution is 7.89. The summed E-state index contributed by atoms with van der Waals surface area (Å²) in [6.07, 6.45) is 1.57. The van der Waals surface area contributed by atoms with Gasteiger partial charge in [-0.15, -0.1) is 0 Å². The molecule has 1 aliphatic rings. The summed E-state index contributed by atoms with van der Waals surface area (Å²) in [6.45, 7) is 4.55. The molecule has 1 amide bonds. The van der Waals surface area contributed by atoms with Crippen LogP contribution in [0.15, 0.2) is 41.3 Å². The lowest BCUT2D eigenvalue weighted by Gasteiger charge is -2.29. The molecule has 2 aromatic rings. The number of hydrogen-bond donors (Lipinski definition) is 0. The molecular formula is C22H28N2O5S. The van der Waals surface area contributed by atoms with Gasteiger partial charge in [-0.25, -0.2) is 8.42 Å². The van der Waals surface area contributed by atoms with Gasteiger partial charge in [0, 0.05) is 32.2 Å². The molecule has 0 saturated carbocycles. The molecule has 0 N–H and O–H groups in total. The van der Waals surface area contributed by atoms with Crippen molar-refractivity contribution in [2.75, 3.05) is 32.2 Å². The van der Waals surface area contributed by atoms with Crippen LogP contribution in [0.3, 0.4) is 0 Å². The first kappa shape index (κ1) is 22.1. The Morgan fingerprint density at radius 3 is 2.47 bits per heavy atom. The first-order chi connectivity index (χ1) is 14.3. The third-order valence-corrected chi connectivity index (χ3v) is 7.26. The van der Waals surface area contributed by atoms with Crippen molar-refractivity contribution < 1.29 is 22.7 Å². The molecule has 0 unspecified atom stereocenters. The SMILES string of the molecule is CCN(Cc1ccc(OC)c(OC)c1)S(=O)(=O)c1ccc2c(c1)CCCN2C(C)=O. The van der Waals surface area contributed by atoms with Crippen molar-refractivity contribution in [1.82, 2.24) is 4.31 Å². The van der Waals surface area contributed by atoms with Crippen molar-refractivity contribution in [2.24, 2.45) is 0 Å². The molecule has 30 heavy (non-hydrogen) atoms. The van der Waals surface area contributed by atoms with Gasteiger partial charge in [-0.3, -0.25) is 4.79 Å². The fraction of sp³-hybridized carbons (Fsp3) is 0.409. The van der Waals surface area contributed by atoms with E-state index in [4.69, 9.17) is 9.47 Å². The van der Waals surface area contributed by atoms with E-state index in [9.17, 15) is 13.2 Å². The van der Waals surface area contributed by atoms with Crippen molar-refractivity contribution in [2.45, 2.75) is 38.1 Å². The number of rotatable bonds is 7. The minimum atomic E-state index is -3.70. The molecule has 0 fully saturated rings. The molecule has 162 valence electrons. The minimum Gasteiger partial charge on any atom is -0.493 e. The first-order valence-corrected chi connectivity index (χ1v) is 11.4. The van der Waals surface area contributed by atoms with E-state index in [0.717, 1.165) is 29.7 Å². The van der Waals surface area contributed by atoms with E-state index in [-0.39, 0.29) is 17.3 Å². The lowest BCUT2D eigenvalue weighted by atomic mass is 10.0. The number of fused-ring (bicyclic) bond motifs is 1. The summed E-state index contributed by atoms with van der Waals surface area (Å²) in [5, 5.41) is 0. The first-order valence-electron chi connectivity index (χ1n) is 9.94. The number of aryl methyl sites for hydroxylation is 1. The zero-order valence-corrected chi connectivity index (χ0v) is 18.7. The molecule has 1 heterocycles. The number of sulfonamides is 1. The quantitative estimate of drug-likeness (QED) is 0.672. The van der Waals surface area contributed by atoms with Crippen LogP contribution in [-0.4, -0.2) is 45.9 Å². The summed E-state index contributed by atoms with van der Waals surface area (Å²) in [7, 11) is -0.590. The van der Waals surface area contributed by atoms with Crippen LogP contribution in [0.2, 0.25) is 0 Å². The predicted octanol–water partition coefficient (Wildman–Crippen LogP) is 3.21. The Hall–Kier alpha value is -2.58. The van der Waals surface area contributed by atoms with Gasteiger partial charge in [-0.05, 0) is 54.3 Å². The second-order valence-electron chi connectivity index (χ2n) is 7.19. The monoisotopic (exact) mass is 432 g/mol. The van der Waals surface area contributed by atoms with Gasteiger partial charge in [0.05, 0.1) is 19.1 Å². The molecule has 8 heteroatoms. The zero-order chi connectivity index (χ0) is 21.9. The van der Waals surface area contributed by atoms with Crippen molar-refractivity contribution >= 4 is 21.6 Å². The Bertz CT molecular complexity index is 1040. The van der Waals surface area contributed by atoms with E-state index in [1.165, 1.54) is 11.2 Å². The van der Waals surface area contributed by atoms with Crippen molar-refractivity contribution in [3.05, 3.63) is 47.5 Å². The molecule has 7 nitrogen and oxygen atoms in total. The molecule has 0 saturated heterocycles. The third-order valence-electron chi connectivity index (χ3n) is 5.35. The maximum absolute atomic E-state index is 13.3. The highest BCUT2D eigenvalue weighted by atomic mass is 32.2. The van der Waals surface area contributed by atoms with Crippen LogP contribution in [0.4, 0.5) is 5.69 Å². The summed E-state index contributed by atoms with van der Waals surface area (Å²) >= 11 is 0. The van der Waals surface area contributed by atoms with Gasteiger partial charge in [0.1, 0.15) is 0 Å². The molecule has 2 aromatic carbocycles. The number of carbonyl (C=O) groups excluding carboxylic acids is 1. The summed E-state index contributed by atoms with van der Waals surface area (Å²) in [5.74, 6) is 1.12. The maximum Gasteiger partial charge on any atom is 0.243 e. The summed E-state index contributed by atoms with van der Waals surface area (Å²) in [4.78, 5) is 13.8. The molecule has 1 aliphatic heterocycles. The highest BCUT2D eigenvalue weighted by Gasteiger charge is 2.27. The van der Waals surface area contributed by atoms with Crippen LogP contribution in [0.1, 0.15) is 31.4 Å². The number of ether oxygens (including phenoxy) is 2. The van der Waals surface area contributed by atoms with Gasteiger partial charge in [0.25, 0.3) is 0 Å². The van der Waals surface area contributed by atoms with E-state index in [1.54, 1.807) is 49.5 Å². The largest absolute Gasteiger partial charge is 0.493 e. The van der Waals surface area contributed by atoms with Crippen LogP contribution in [-0.2, 0) is 27.8 Å². The number of benzene rings is 2. The van der Waals surface area contributed by atoms with Gasteiger partial charge in [0.2, 0.25) is 15.9 Å². The lowest BCUT2D eigenvalue weighted by molar-refractivity contribution is -0.116. The molecular weight excluding hydrogens is 404 g/mol. The van der Waals surface area contributed by atoms with Crippen LogP contribution >= 0.6 is 0 Å². The van der Waals surface area contributed by atoms with Crippen molar-refractivity contribution in [3.63, 3.8) is 0 Å². The molecule has 0 atom stereocenters. The van der Waals surface area contributed by atoms with E-state index < -0.39 is 10.0 Å². The minimum absolute atomic E-state index is 0.0322. The number of anilines is 1. The van der Waals surface area contributed by atoms with Crippen molar-refractivity contribution in [3.8, 4) is 11.5 Å². The molecule has 0 aromatic heterocycles. The normalized spacial score (nSPS) is 13.8. The number of carbonyl (C=O) groups is 1. The van der Waals surface area contributed by atoms with Gasteiger partial charge in [0.15, 0.2) is 11.5 Å². The van der Waals surface area contributed by atoms with E-state index in [1.807, 2.05) is 13.0 Å². The lowest BCUT2D eigenvalue weighted by Crippen LogP contribution is -2.34. The van der Waals surface area contributed by atoms with Crippen molar-refractivity contribution in [1.29, 1.82) is 0 Å². The average molecular weight is 433 g/mol. The smallest absolute Gasteiger partial charge is 0.243 e. The maximum atomic E-state index is 13.3. The van der Waals surface area contributed by atoms with Gasteiger partial charge in [-0.1, -0.05) is 13.0 Å². The van der Waals surface area contributed by atoms with Crippen LogP contribution in [0, 0.1) is 0 Å². The molecule has 0 bridgehead atoms. The Morgan fingerprint density at radius 2 is 1.83 bits per heavy atom. The molecule has 0 aliphatic carbocycles. The Balaban J connectivity index is 1.91. The van der Waals surface area contributed by atoms with Crippen LogP contribution in [0.25, 0.3) is 0 Å². The van der Waals surface area contributed by atoms with Crippen LogP contribution in [0.5, 0.6) is 11.5 Å². The van der Waals surface area contributed by atoms with Gasteiger partial charge < -0.3 is 14.4 Å². The number of nitrogens with zero attached hydrogens (tertiary/aromatic N) is 2. The Kier molecular flexibility index (Phi) is 6.67. The second kappa shape index (κ2) is 9.06. The van der Waals surface area contributed by atoms with E-state index in [0.29, 0.717) is 24.6 Å². The highest BCUT2D eigenvalue weighted by Crippen LogP contribution is 2.32. The van der Waals surface area contributed by atoms with Gasteiger partial charge in [-0.2, -0.15) is 4.31 Å². The summed E-state index contributed by atoms with van der Waals surface area (Å²) in [5.41, 5.74) is 2.49.